The van der Waals surface area contributed by atoms with E-state index < -0.39 is 11.8 Å². The Hall–Kier alpha value is -2.80. The molecule has 146 valence electrons. The number of nitrogens with zero attached hydrogens (tertiary/aromatic N) is 1. The summed E-state index contributed by atoms with van der Waals surface area (Å²) >= 11 is 3.35. The Balaban J connectivity index is 1.85. The fraction of sp³-hybridized carbons (Fsp3) is 0.238. The third-order valence-electron chi connectivity index (χ3n) is 4.05. The highest BCUT2D eigenvalue weighted by molar-refractivity contribution is 9.10. The second kappa shape index (κ2) is 8.48. The van der Waals surface area contributed by atoms with E-state index in [0.717, 1.165) is 4.47 Å². The van der Waals surface area contributed by atoms with E-state index in [9.17, 15) is 9.59 Å². The van der Waals surface area contributed by atoms with Gasteiger partial charge in [0.25, 0.3) is 11.8 Å². The van der Waals surface area contributed by atoms with Gasteiger partial charge in [-0.1, -0.05) is 35.8 Å². The summed E-state index contributed by atoms with van der Waals surface area (Å²) in [5.74, 6) is 0.692. The Morgan fingerprint density at radius 2 is 1.82 bits per heavy atom. The van der Waals surface area contributed by atoms with Crippen LogP contribution in [-0.2, 0) is 9.59 Å². The second-order valence-corrected chi connectivity index (χ2v) is 7.65. The number of ether oxygens (including phenoxy) is 2. The van der Waals surface area contributed by atoms with Crippen molar-refractivity contribution in [1.29, 1.82) is 0 Å². The van der Waals surface area contributed by atoms with E-state index in [0.29, 0.717) is 35.3 Å². The summed E-state index contributed by atoms with van der Waals surface area (Å²) in [6, 6.07) is 12.4. The molecule has 1 aliphatic rings. The molecule has 1 N–H and O–H groups in total. The molecule has 0 atom stereocenters. The molecule has 0 aliphatic carbocycles. The van der Waals surface area contributed by atoms with Crippen LogP contribution in [0.25, 0.3) is 6.08 Å². The maximum absolute atomic E-state index is 12.7. The number of anilines is 1. The number of nitrogens with one attached hydrogen (secondary N) is 1. The number of halogens is 1. The molecule has 0 spiro atoms. The Morgan fingerprint density at radius 1 is 1.11 bits per heavy atom. The van der Waals surface area contributed by atoms with Crippen molar-refractivity contribution in [3.8, 4) is 11.5 Å². The second-order valence-electron chi connectivity index (χ2n) is 6.73. The van der Waals surface area contributed by atoms with Crippen LogP contribution in [-0.4, -0.2) is 25.5 Å². The third kappa shape index (κ3) is 4.36. The van der Waals surface area contributed by atoms with Crippen LogP contribution in [0.1, 0.15) is 19.4 Å². The summed E-state index contributed by atoms with van der Waals surface area (Å²) in [4.78, 5) is 25.0. The van der Waals surface area contributed by atoms with Crippen molar-refractivity contribution < 1.29 is 19.1 Å². The summed E-state index contributed by atoms with van der Waals surface area (Å²) in [6.45, 7) is 4.69. The molecule has 0 radical (unpaired) electrons. The van der Waals surface area contributed by atoms with Crippen LogP contribution in [0.3, 0.4) is 0 Å². The van der Waals surface area contributed by atoms with E-state index in [4.69, 9.17) is 9.47 Å². The maximum Gasteiger partial charge on any atom is 0.282 e. The van der Waals surface area contributed by atoms with E-state index >= 15 is 0 Å². The predicted octanol–water partition coefficient (Wildman–Crippen LogP) is 3.95. The van der Waals surface area contributed by atoms with Gasteiger partial charge in [0.05, 0.1) is 19.4 Å². The first kappa shape index (κ1) is 19.9. The lowest BCUT2D eigenvalue weighted by atomic mass is 10.1. The molecule has 0 saturated carbocycles. The number of hydrazine groups is 1. The van der Waals surface area contributed by atoms with E-state index in [1.807, 2.05) is 0 Å². The van der Waals surface area contributed by atoms with Crippen LogP contribution >= 0.6 is 15.9 Å². The zero-order chi connectivity index (χ0) is 20.3. The monoisotopic (exact) mass is 444 g/mol. The number of benzene rings is 2. The molecular weight excluding hydrogens is 424 g/mol. The van der Waals surface area contributed by atoms with Gasteiger partial charge in [0.2, 0.25) is 0 Å². The van der Waals surface area contributed by atoms with E-state index in [2.05, 4.69) is 35.2 Å². The lowest BCUT2D eigenvalue weighted by Crippen LogP contribution is -2.35. The molecule has 6 nitrogen and oxygen atoms in total. The minimum Gasteiger partial charge on any atom is -0.493 e. The molecular formula is C21H21BrN2O4. The molecule has 1 aliphatic heterocycles. The number of carbonyl (C=O) groups is 2. The van der Waals surface area contributed by atoms with Crippen LogP contribution in [0.4, 0.5) is 5.69 Å². The van der Waals surface area contributed by atoms with Crippen molar-refractivity contribution in [1.82, 2.24) is 5.43 Å². The maximum atomic E-state index is 12.7. The van der Waals surface area contributed by atoms with Gasteiger partial charge in [-0.3, -0.25) is 15.0 Å². The Labute approximate surface area is 172 Å². The largest absolute Gasteiger partial charge is 0.493 e. The summed E-state index contributed by atoms with van der Waals surface area (Å²) in [7, 11) is 1.55. The first-order valence-corrected chi connectivity index (χ1v) is 9.62. The van der Waals surface area contributed by atoms with Crippen LogP contribution < -0.4 is 19.9 Å². The highest BCUT2D eigenvalue weighted by atomic mass is 79.9. The van der Waals surface area contributed by atoms with E-state index in [1.165, 1.54) is 5.01 Å². The van der Waals surface area contributed by atoms with Gasteiger partial charge in [-0.25, -0.2) is 5.01 Å². The lowest BCUT2D eigenvalue weighted by Gasteiger charge is -2.14. The number of carbonyl (C=O) groups excluding carboxylic acids is 2. The van der Waals surface area contributed by atoms with Gasteiger partial charge in [0.15, 0.2) is 11.5 Å². The number of amides is 2. The molecule has 28 heavy (non-hydrogen) atoms. The fourth-order valence-electron chi connectivity index (χ4n) is 2.65. The molecule has 3 rings (SSSR count). The zero-order valence-corrected chi connectivity index (χ0v) is 17.4. The molecule has 2 aromatic rings. The van der Waals surface area contributed by atoms with Crippen LogP contribution in [0.15, 0.2) is 52.5 Å². The number of hydrogen-bond donors (Lipinski definition) is 1. The van der Waals surface area contributed by atoms with Crippen molar-refractivity contribution in [3.05, 3.63) is 58.1 Å². The highest BCUT2D eigenvalue weighted by Crippen LogP contribution is 2.30. The first-order chi connectivity index (χ1) is 13.4. The van der Waals surface area contributed by atoms with E-state index in [1.54, 1.807) is 55.7 Å². The van der Waals surface area contributed by atoms with Gasteiger partial charge < -0.3 is 9.47 Å². The molecule has 1 fully saturated rings. The van der Waals surface area contributed by atoms with Crippen molar-refractivity contribution in [3.63, 3.8) is 0 Å². The minimum absolute atomic E-state index is 0.0563. The number of rotatable bonds is 6. The Morgan fingerprint density at radius 3 is 2.46 bits per heavy atom. The summed E-state index contributed by atoms with van der Waals surface area (Å²) in [5.41, 5.74) is 3.90. The van der Waals surface area contributed by atoms with E-state index in [-0.39, 0.29) is 5.57 Å². The minimum atomic E-state index is -0.452. The van der Waals surface area contributed by atoms with Crippen LogP contribution in [0.2, 0.25) is 0 Å². The Bertz CT molecular complexity index is 923. The smallest absolute Gasteiger partial charge is 0.282 e. The topological polar surface area (TPSA) is 67.9 Å². The molecule has 0 unspecified atom stereocenters. The van der Waals surface area contributed by atoms with Gasteiger partial charge in [-0.15, -0.1) is 0 Å². The summed E-state index contributed by atoms with van der Waals surface area (Å²) in [5, 5.41) is 1.23. The quantitative estimate of drug-likeness (QED) is 0.540. The summed E-state index contributed by atoms with van der Waals surface area (Å²) < 4.78 is 12.0. The summed E-state index contributed by atoms with van der Waals surface area (Å²) in [6.07, 6.45) is 1.55. The normalized spacial score (nSPS) is 15.3. The van der Waals surface area contributed by atoms with Crippen molar-refractivity contribution in [2.24, 2.45) is 5.92 Å². The number of methoxy groups -OCH3 is 1. The lowest BCUT2D eigenvalue weighted by molar-refractivity contribution is -0.117. The average molecular weight is 445 g/mol. The van der Waals surface area contributed by atoms with Crippen molar-refractivity contribution in [2.75, 3.05) is 18.7 Å². The first-order valence-electron chi connectivity index (χ1n) is 8.82. The van der Waals surface area contributed by atoms with Gasteiger partial charge in [0, 0.05) is 4.47 Å². The standard InChI is InChI=1S/C21H21BrN2O4/c1-13(2)12-28-18-9-4-14(11-19(18)27-3)10-17-20(25)23-24(21(17)26)16-7-5-15(22)6-8-16/h4-11,13H,12H2,1-3H3,(H,23,25)/b17-10-. The van der Waals surface area contributed by atoms with Crippen LogP contribution in [0, 0.1) is 5.92 Å². The molecule has 7 heteroatoms. The molecule has 1 saturated heterocycles. The van der Waals surface area contributed by atoms with Gasteiger partial charge in [-0.2, -0.15) is 0 Å². The van der Waals surface area contributed by atoms with Crippen molar-refractivity contribution >= 4 is 39.5 Å². The third-order valence-corrected chi connectivity index (χ3v) is 4.58. The SMILES string of the molecule is COc1cc(/C=C2/C(=O)NN(c3ccc(Br)cc3)C2=O)ccc1OCC(C)C. The van der Waals surface area contributed by atoms with Crippen LogP contribution in [0.5, 0.6) is 11.5 Å². The molecule has 2 aromatic carbocycles. The fourth-order valence-corrected chi connectivity index (χ4v) is 2.91. The average Bonchev–Trinajstić information content (AvgIpc) is 2.95. The Kier molecular flexibility index (Phi) is 6.04. The molecule has 0 bridgehead atoms. The molecule has 0 aromatic heterocycles. The van der Waals surface area contributed by atoms with Gasteiger partial charge >= 0.3 is 0 Å². The molecule has 1 heterocycles. The molecule has 2 amide bonds. The van der Waals surface area contributed by atoms with Gasteiger partial charge in [-0.05, 0) is 54.0 Å². The predicted molar refractivity (Wildman–Crippen MR) is 111 cm³/mol. The number of hydrogen-bond acceptors (Lipinski definition) is 4. The highest BCUT2D eigenvalue weighted by Gasteiger charge is 2.34. The van der Waals surface area contributed by atoms with Crippen molar-refractivity contribution in [2.45, 2.75) is 13.8 Å². The zero-order valence-electron chi connectivity index (χ0n) is 15.9. The van der Waals surface area contributed by atoms with Gasteiger partial charge in [0.1, 0.15) is 5.57 Å².